The minimum atomic E-state index is 0.245. The Bertz CT molecular complexity index is 599. The largest absolute Gasteiger partial charge is 0.372 e. The predicted octanol–water partition coefficient (Wildman–Crippen LogP) is 3.71. The summed E-state index contributed by atoms with van der Waals surface area (Å²) in [6, 6.07) is 9.65. The molecule has 1 aromatic rings. The molecule has 3 nitrogen and oxygen atoms in total. The zero-order valence-electron chi connectivity index (χ0n) is 16.6. The molecule has 1 fully saturated rings. The minimum Gasteiger partial charge on any atom is -0.372 e. The predicted molar refractivity (Wildman–Crippen MR) is 107 cm³/mol. The topological polar surface area (TPSA) is 9.72 Å². The average molecular weight is 342 g/mol. The number of rotatable bonds is 5. The molecule has 3 rings (SSSR count). The van der Waals surface area contributed by atoms with E-state index in [0.29, 0.717) is 6.04 Å². The fourth-order valence-corrected chi connectivity index (χ4v) is 4.94. The van der Waals surface area contributed by atoms with Crippen molar-refractivity contribution in [1.82, 2.24) is 14.7 Å². The van der Waals surface area contributed by atoms with Crippen LogP contribution in [-0.4, -0.2) is 60.5 Å². The molecule has 0 atom stereocenters. The average Bonchev–Trinajstić information content (AvgIpc) is 2.60. The molecular weight excluding hydrogens is 306 g/mol. The van der Waals surface area contributed by atoms with E-state index < -0.39 is 0 Å². The zero-order valence-corrected chi connectivity index (χ0v) is 16.6. The molecule has 0 N–H and O–H groups in total. The smallest absolute Gasteiger partial charge is 0.0484 e. The van der Waals surface area contributed by atoms with Gasteiger partial charge in [0, 0.05) is 50.0 Å². The van der Waals surface area contributed by atoms with Crippen LogP contribution in [0.15, 0.2) is 36.5 Å². The van der Waals surface area contributed by atoms with Gasteiger partial charge in [-0.3, -0.25) is 9.80 Å². The first-order valence-corrected chi connectivity index (χ1v) is 9.94. The number of fused-ring (bicyclic) bond motifs is 2. The van der Waals surface area contributed by atoms with Crippen molar-refractivity contribution in [2.45, 2.75) is 51.6 Å². The second kappa shape index (κ2) is 7.51. The zero-order chi connectivity index (χ0) is 18.0. The van der Waals surface area contributed by atoms with Crippen LogP contribution in [0, 0.1) is 0 Å². The lowest BCUT2D eigenvalue weighted by Gasteiger charge is -2.51. The molecule has 0 amide bonds. The Morgan fingerprint density at radius 2 is 1.88 bits per heavy atom. The van der Waals surface area contributed by atoms with Crippen LogP contribution in [0.25, 0.3) is 0 Å². The maximum Gasteiger partial charge on any atom is 0.0484 e. The monoisotopic (exact) mass is 341 g/mol. The molecule has 0 saturated carbocycles. The van der Waals surface area contributed by atoms with Gasteiger partial charge >= 0.3 is 0 Å². The molecule has 1 saturated heterocycles. The van der Waals surface area contributed by atoms with E-state index in [2.05, 4.69) is 73.4 Å². The van der Waals surface area contributed by atoms with Crippen molar-refractivity contribution < 1.29 is 0 Å². The summed E-state index contributed by atoms with van der Waals surface area (Å²) < 4.78 is 0. The van der Waals surface area contributed by atoms with E-state index in [9.17, 15) is 0 Å². The Kier molecular flexibility index (Phi) is 5.55. The van der Waals surface area contributed by atoms with Gasteiger partial charge in [0.05, 0.1) is 0 Å². The first-order valence-electron chi connectivity index (χ1n) is 9.94. The fraction of sp³-hybridized carbons (Fsp3) is 0.636. The quantitative estimate of drug-likeness (QED) is 0.808. The van der Waals surface area contributed by atoms with E-state index in [1.807, 2.05) is 0 Å². The molecule has 2 aliphatic rings. The van der Waals surface area contributed by atoms with Gasteiger partial charge in [0.15, 0.2) is 0 Å². The lowest BCUT2D eigenvalue weighted by molar-refractivity contribution is 0.0285. The maximum absolute atomic E-state index is 4.37. The number of likely N-dealkylation sites (tertiary alicyclic amines) is 1. The molecule has 1 spiro atoms. The first-order chi connectivity index (χ1) is 12.0. The van der Waals surface area contributed by atoms with Crippen molar-refractivity contribution in [2.24, 2.45) is 0 Å². The molecule has 0 unspecified atom stereocenters. The highest BCUT2D eigenvalue weighted by molar-refractivity contribution is 5.37. The lowest BCUT2D eigenvalue weighted by atomic mass is 9.74. The number of benzene rings is 1. The van der Waals surface area contributed by atoms with Crippen molar-refractivity contribution >= 4 is 0 Å². The second-order valence-electron chi connectivity index (χ2n) is 8.08. The van der Waals surface area contributed by atoms with Crippen LogP contribution in [0.1, 0.15) is 44.7 Å². The van der Waals surface area contributed by atoms with Gasteiger partial charge in [-0.2, -0.15) is 0 Å². The van der Waals surface area contributed by atoms with E-state index in [0.717, 1.165) is 26.2 Å². The molecule has 138 valence electrons. The molecular formula is C22H35N3. The summed E-state index contributed by atoms with van der Waals surface area (Å²) in [5.74, 6) is 0. The van der Waals surface area contributed by atoms with Gasteiger partial charge in [-0.05, 0) is 58.2 Å². The summed E-state index contributed by atoms with van der Waals surface area (Å²) in [6.07, 6.45) is 3.64. The Morgan fingerprint density at radius 3 is 2.52 bits per heavy atom. The molecule has 2 aliphatic heterocycles. The van der Waals surface area contributed by atoms with E-state index >= 15 is 0 Å². The van der Waals surface area contributed by atoms with Gasteiger partial charge in [-0.25, -0.2) is 0 Å². The molecule has 0 bridgehead atoms. The standard InChI is InChI=1S/C22H35N3/c1-6-25(18(2)3)19(4)17-24-15-12-22(13-16-24)21-10-8-7-9-20(21)11-14-23(22)5/h7-10,18H,4,6,11-17H2,1-3,5H3. The number of hydrogen-bond acceptors (Lipinski definition) is 3. The summed E-state index contributed by atoms with van der Waals surface area (Å²) in [5.41, 5.74) is 4.66. The fourth-order valence-electron chi connectivity index (χ4n) is 4.94. The van der Waals surface area contributed by atoms with E-state index in [-0.39, 0.29) is 5.54 Å². The molecule has 0 aromatic heterocycles. The van der Waals surface area contributed by atoms with Gasteiger partial charge in [-0.15, -0.1) is 0 Å². The van der Waals surface area contributed by atoms with E-state index in [1.165, 1.54) is 31.5 Å². The highest BCUT2D eigenvalue weighted by Gasteiger charge is 2.42. The Hall–Kier alpha value is -1.32. The van der Waals surface area contributed by atoms with E-state index in [1.54, 1.807) is 11.1 Å². The summed E-state index contributed by atoms with van der Waals surface area (Å²) in [4.78, 5) is 7.64. The SMILES string of the molecule is C=C(CN1CCC2(CC1)c1ccccc1CCN2C)N(CC)C(C)C. The van der Waals surface area contributed by atoms with Crippen LogP contribution in [0.2, 0.25) is 0 Å². The van der Waals surface area contributed by atoms with E-state index in [4.69, 9.17) is 0 Å². The van der Waals surface area contributed by atoms with Crippen LogP contribution < -0.4 is 0 Å². The van der Waals surface area contributed by atoms with Crippen molar-refractivity contribution in [1.29, 1.82) is 0 Å². The molecule has 0 aliphatic carbocycles. The Balaban J connectivity index is 1.69. The molecule has 0 radical (unpaired) electrons. The summed E-state index contributed by atoms with van der Waals surface area (Å²) in [5, 5.41) is 0. The van der Waals surface area contributed by atoms with Crippen LogP contribution in [0.5, 0.6) is 0 Å². The van der Waals surface area contributed by atoms with Crippen LogP contribution in [-0.2, 0) is 12.0 Å². The molecule has 3 heteroatoms. The molecule has 25 heavy (non-hydrogen) atoms. The Morgan fingerprint density at radius 1 is 1.20 bits per heavy atom. The number of likely N-dealkylation sites (N-methyl/N-ethyl adjacent to an activating group) is 2. The van der Waals surface area contributed by atoms with Crippen molar-refractivity contribution in [3.05, 3.63) is 47.7 Å². The van der Waals surface area contributed by atoms with Crippen LogP contribution >= 0.6 is 0 Å². The number of nitrogens with zero attached hydrogens (tertiary/aromatic N) is 3. The third-order valence-electron chi connectivity index (χ3n) is 6.43. The lowest BCUT2D eigenvalue weighted by Crippen LogP contribution is -2.55. The third-order valence-corrected chi connectivity index (χ3v) is 6.43. The highest BCUT2D eigenvalue weighted by atomic mass is 15.2. The summed E-state index contributed by atoms with van der Waals surface area (Å²) in [7, 11) is 2.32. The van der Waals surface area contributed by atoms with Crippen molar-refractivity contribution in [2.75, 3.05) is 39.8 Å². The number of piperidine rings is 1. The van der Waals surface area contributed by atoms with Crippen molar-refractivity contribution in [3.63, 3.8) is 0 Å². The van der Waals surface area contributed by atoms with Crippen LogP contribution in [0.4, 0.5) is 0 Å². The summed E-state index contributed by atoms with van der Waals surface area (Å²) in [6.45, 7) is 16.7. The third kappa shape index (κ3) is 3.50. The highest BCUT2D eigenvalue weighted by Crippen LogP contribution is 2.42. The van der Waals surface area contributed by atoms with Gasteiger partial charge in [0.2, 0.25) is 0 Å². The van der Waals surface area contributed by atoms with Gasteiger partial charge in [0.25, 0.3) is 0 Å². The van der Waals surface area contributed by atoms with Crippen LogP contribution in [0.3, 0.4) is 0 Å². The van der Waals surface area contributed by atoms with Gasteiger partial charge < -0.3 is 4.90 Å². The second-order valence-corrected chi connectivity index (χ2v) is 8.08. The maximum atomic E-state index is 4.37. The number of hydrogen-bond donors (Lipinski definition) is 0. The van der Waals surface area contributed by atoms with Crippen molar-refractivity contribution in [3.8, 4) is 0 Å². The summed E-state index contributed by atoms with van der Waals surface area (Å²) >= 11 is 0. The Labute approximate surface area is 154 Å². The minimum absolute atomic E-state index is 0.245. The molecule has 1 aromatic carbocycles. The molecule has 2 heterocycles. The van der Waals surface area contributed by atoms with Gasteiger partial charge in [-0.1, -0.05) is 30.8 Å². The first kappa shape index (κ1) is 18.5. The normalized spacial score (nSPS) is 20.7. The van der Waals surface area contributed by atoms with Gasteiger partial charge in [0.1, 0.15) is 0 Å².